The monoisotopic (exact) mass is 248 g/mol. The van der Waals surface area contributed by atoms with Crippen molar-refractivity contribution in [1.29, 1.82) is 0 Å². The standard InChI is InChI=1S/C11H15F3N2O/c1-15-10(2-3-17-7-11(13)14)8-4-9(12)6-16-5-8/h4-6,10-11,15H,2-3,7H2,1H3. The molecule has 0 fully saturated rings. The van der Waals surface area contributed by atoms with E-state index in [1.165, 1.54) is 12.3 Å². The molecule has 17 heavy (non-hydrogen) atoms. The van der Waals surface area contributed by atoms with Crippen molar-refractivity contribution in [3.63, 3.8) is 0 Å². The van der Waals surface area contributed by atoms with Crippen LogP contribution in [0.5, 0.6) is 0 Å². The number of hydrogen-bond donors (Lipinski definition) is 1. The zero-order valence-corrected chi connectivity index (χ0v) is 9.50. The maximum absolute atomic E-state index is 12.9. The largest absolute Gasteiger partial charge is 0.375 e. The van der Waals surface area contributed by atoms with Gasteiger partial charge < -0.3 is 10.1 Å². The van der Waals surface area contributed by atoms with E-state index in [0.29, 0.717) is 12.0 Å². The molecule has 1 N–H and O–H groups in total. The molecule has 1 aromatic heterocycles. The molecule has 6 heteroatoms. The van der Waals surface area contributed by atoms with Gasteiger partial charge in [0, 0.05) is 18.8 Å². The SMILES string of the molecule is CNC(CCOCC(F)F)c1cncc(F)c1. The van der Waals surface area contributed by atoms with Gasteiger partial charge in [-0.1, -0.05) is 0 Å². The Balaban J connectivity index is 2.43. The van der Waals surface area contributed by atoms with Gasteiger partial charge in [0.15, 0.2) is 0 Å². The summed E-state index contributed by atoms with van der Waals surface area (Å²) in [4.78, 5) is 3.73. The average molecular weight is 248 g/mol. The number of aromatic nitrogens is 1. The van der Waals surface area contributed by atoms with Crippen molar-refractivity contribution in [3.8, 4) is 0 Å². The first kappa shape index (κ1) is 13.9. The second-order valence-electron chi connectivity index (χ2n) is 3.53. The fraction of sp³-hybridized carbons (Fsp3) is 0.545. The summed E-state index contributed by atoms with van der Waals surface area (Å²) in [6.45, 7) is -0.385. The third kappa shape index (κ3) is 5.14. The third-order valence-corrected chi connectivity index (χ3v) is 2.27. The van der Waals surface area contributed by atoms with Crippen LogP contribution in [0.1, 0.15) is 18.0 Å². The summed E-state index contributed by atoms with van der Waals surface area (Å²) < 4.78 is 41.3. The molecule has 0 saturated carbocycles. The molecule has 3 nitrogen and oxygen atoms in total. The second-order valence-corrected chi connectivity index (χ2v) is 3.53. The van der Waals surface area contributed by atoms with Gasteiger partial charge in [-0.25, -0.2) is 13.2 Å². The predicted octanol–water partition coefficient (Wildman–Crippen LogP) is 2.15. The van der Waals surface area contributed by atoms with Crippen LogP contribution in [0.15, 0.2) is 18.5 Å². The minimum Gasteiger partial charge on any atom is -0.375 e. The molecule has 0 aliphatic heterocycles. The molecule has 0 spiro atoms. The van der Waals surface area contributed by atoms with E-state index in [0.717, 1.165) is 6.20 Å². The highest BCUT2D eigenvalue weighted by atomic mass is 19.3. The smallest absolute Gasteiger partial charge is 0.261 e. The van der Waals surface area contributed by atoms with Crippen LogP contribution in [0.4, 0.5) is 13.2 Å². The zero-order valence-electron chi connectivity index (χ0n) is 9.50. The van der Waals surface area contributed by atoms with Crippen molar-refractivity contribution in [1.82, 2.24) is 10.3 Å². The van der Waals surface area contributed by atoms with E-state index in [4.69, 9.17) is 4.74 Å². The molecule has 0 aliphatic rings. The lowest BCUT2D eigenvalue weighted by molar-refractivity contribution is 0.0145. The van der Waals surface area contributed by atoms with Crippen molar-refractivity contribution in [3.05, 3.63) is 29.8 Å². The summed E-state index contributed by atoms with van der Waals surface area (Å²) in [5.74, 6) is -0.420. The fourth-order valence-electron chi connectivity index (χ4n) is 1.47. The average Bonchev–Trinajstić information content (AvgIpc) is 2.29. The number of nitrogens with one attached hydrogen (secondary N) is 1. The predicted molar refractivity (Wildman–Crippen MR) is 57.4 cm³/mol. The highest BCUT2D eigenvalue weighted by molar-refractivity contribution is 5.14. The maximum atomic E-state index is 12.9. The lowest BCUT2D eigenvalue weighted by atomic mass is 10.1. The van der Waals surface area contributed by atoms with Crippen molar-refractivity contribution < 1.29 is 17.9 Å². The van der Waals surface area contributed by atoms with Gasteiger partial charge in [-0.2, -0.15) is 0 Å². The molecule has 0 bridgehead atoms. The molecule has 1 rings (SSSR count). The van der Waals surface area contributed by atoms with E-state index >= 15 is 0 Å². The first-order valence-corrected chi connectivity index (χ1v) is 5.27. The highest BCUT2D eigenvalue weighted by Crippen LogP contribution is 2.16. The van der Waals surface area contributed by atoms with E-state index < -0.39 is 18.8 Å². The van der Waals surface area contributed by atoms with Gasteiger partial charge in [0.25, 0.3) is 6.43 Å². The van der Waals surface area contributed by atoms with Crippen LogP contribution in [-0.2, 0) is 4.74 Å². The van der Waals surface area contributed by atoms with Crippen LogP contribution in [-0.4, -0.2) is 31.7 Å². The number of pyridine rings is 1. The van der Waals surface area contributed by atoms with Crippen LogP contribution in [0.2, 0.25) is 0 Å². The van der Waals surface area contributed by atoms with Gasteiger partial charge in [0.1, 0.15) is 12.4 Å². The molecule has 0 aromatic carbocycles. The second kappa shape index (κ2) is 7.24. The van der Waals surface area contributed by atoms with Gasteiger partial charge in [-0.15, -0.1) is 0 Å². The zero-order chi connectivity index (χ0) is 12.7. The fourth-order valence-corrected chi connectivity index (χ4v) is 1.47. The summed E-state index contributed by atoms with van der Waals surface area (Å²) in [5.41, 5.74) is 0.674. The van der Waals surface area contributed by atoms with E-state index in [9.17, 15) is 13.2 Å². The van der Waals surface area contributed by atoms with E-state index in [1.54, 1.807) is 7.05 Å². The molecule has 0 saturated heterocycles. The Morgan fingerprint density at radius 2 is 2.18 bits per heavy atom. The van der Waals surface area contributed by atoms with Crippen LogP contribution in [0.25, 0.3) is 0 Å². The van der Waals surface area contributed by atoms with Crippen molar-refractivity contribution in [2.24, 2.45) is 0 Å². The van der Waals surface area contributed by atoms with Crippen LogP contribution in [0.3, 0.4) is 0 Å². The molecule has 0 amide bonds. The van der Waals surface area contributed by atoms with Gasteiger partial charge in [-0.3, -0.25) is 4.98 Å². The van der Waals surface area contributed by atoms with E-state index in [2.05, 4.69) is 10.3 Å². The first-order chi connectivity index (χ1) is 8.13. The van der Waals surface area contributed by atoms with Gasteiger partial charge in [0.05, 0.1) is 6.20 Å². The summed E-state index contributed by atoms with van der Waals surface area (Å²) in [7, 11) is 1.71. The number of ether oxygens (including phenoxy) is 1. The minimum atomic E-state index is -2.46. The van der Waals surface area contributed by atoms with Crippen LogP contribution >= 0.6 is 0 Å². The van der Waals surface area contributed by atoms with Crippen LogP contribution < -0.4 is 5.32 Å². The quantitative estimate of drug-likeness (QED) is 0.751. The lowest BCUT2D eigenvalue weighted by Crippen LogP contribution is -2.19. The van der Waals surface area contributed by atoms with Crippen molar-refractivity contribution in [2.75, 3.05) is 20.3 Å². The molecule has 0 radical (unpaired) electrons. The minimum absolute atomic E-state index is 0.157. The molecule has 1 aromatic rings. The molecular weight excluding hydrogens is 233 g/mol. The van der Waals surface area contributed by atoms with Crippen LogP contribution in [0, 0.1) is 5.82 Å². The Morgan fingerprint density at radius 1 is 1.41 bits per heavy atom. The number of rotatable bonds is 7. The van der Waals surface area contributed by atoms with E-state index in [1.807, 2.05) is 0 Å². The summed E-state index contributed by atoms with van der Waals surface area (Å²) in [6, 6.07) is 1.21. The highest BCUT2D eigenvalue weighted by Gasteiger charge is 2.11. The van der Waals surface area contributed by atoms with Crippen molar-refractivity contribution in [2.45, 2.75) is 18.9 Å². The number of halogens is 3. The molecule has 1 heterocycles. The molecule has 1 unspecified atom stereocenters. The number of alkyl halides is 2. The first-order valence-electron chi connectivity index (χ1n) is 5.27. The lowest BCUT2D eigenvalue weighted by Gasteiger charge is -2.16. The summed E-state index contributed by atoms with van der Waals surface area (Å²) in [6.07, 6.45) is 0.675. The van der Waals surface area contributed by atoms with E-state index in [-0.39, 0.29) is 12.6 Å². The molecule has 1 atom stereocenters. The van der Waals surface area contributed by atoms with Gasteiger partial charge in [-0.05, 0) is 25.1 Å². The number of nitrogens with zero attached hydrogens (tertiary/aromatic N) is 1. The molecular formula is C11H15F3N2O. The third-order valence-electron chi connectivity index (χ3n) is 2.27. The van der Waals surface area contributed by atoms with Gasteiger partial charge >= 0.3 is 0 Å². The normalized spacial score (nSPS) is 13.0. The Labute approximate surface area is 98.0 Å². The Morgan fingerprint density at radius 3 is 2.76 bits per heavy atom. The number of hydrogen-bond acceptors (Lipinski definition) is 3. The molecule has 96 valence electrons. The topological polar surface area (TPSA) is 34.1 Å². The summed E-state index contributed by atoms with van der Waals surface area (Å²) in [5, 5.41) is 2.96. The Kier molecular flexibility index (Phi) is 5.93. The Hall–Kier alpha value is -1.14. The Bertz CT molecular complexity index is 336. The molecule has 0 aliphatic carbocycles. The van der Waals surface area contributed by atoms with Crippen molar-refractivity contribution >= 4 is 0 Å². The summed E-state index contributed by atoms with van der Waals surface area (Å²) >= 11 is 0. The maximum Gasteiger partial charge on any atom is 0.261 e. The van der Waals surface area contributed by atoms with Gasteiger partial charge in [0.2, 0.25) is 0 Å².